The number of ether oxygens (including phenoxy) is 1. The van der Waals surface area contributed by atoms with Crippen molar-refractivity contribution in [3.63, 3.8) is 0 Å². The van der Waals surface area contributed by atoms with E-state index in [4.69, 9.17) is 10.00 Å². The Bertz CT molecular complexity index is 200. The normalized spacial score (nSPS) is 12.9. The lowest BCUT2D eigenvalue weighted by Gasteiger charge is -2.20. The Kier molecular flexibility index (Phi) is 3.55. The molecule has 0 heterocycles. The van der Waals surface area contributed by atoms with Crippen LogP contribution in [0.15, 0.2) is 0 Å². The zero-order valence-electron chi connectivity index (χ0n) is 7.84. The van der Waals surface area contributed by atoms with Gasteiger partial charge in [-0.3, -0.25) is 0 Å². The molecule has 12 heavy (non-hydrogen) atoms. The van der Waals surface area contributed by atoms with Gasteiger partial charge in [-0.1, -0.05) is 0 Å². The highest BCUT2D eigenvalue weighted by molar-refractivity contribution is 5.68. The number of hydrogen-bond acceptors (Lipinski definition) is 3. The van der Waals surface area contributed by atoms with Crippen LogP contribution in [0.1, 0.15) is 27.7 Å². The van der Waals surface area contributed by atoms with Crippen molar-refractivity contribution in [3.05, 3.63) is 0 Å². The SMILES string of the molecule is C[C@H](C#N)NC(=O)OC(C)(C)C. The maximum atomic E-state index is 10.9. The summed E-state index contributed by atoms with van der Waals surface area (Å²) in [4.78, 5) is 10.9. The van der Waals surface area contributed by atoms with Crippen LogP contribution in [0.25, 0.3) is 0 Å². The molecule has 0 radical (unpaired) electrons. The number of carbonyl (C=O) groups is 1. The minimum absolute atomic E-state index is 0.514. The van der Waals surface area contributed by atoms with Crippen molar-refractivity contribution < 1.29 is 9.53 Å². The van der Waals surface area contributed by atoms with Gasteiger partial charge >= 0.3 is 6.09 Å². The second-order valence-electron chi connectivity index (χ2n) is 3.50. The Labute approximate surface area is 72.5 Å². The first-order valence-electron chi connectivity index (χ1n) is 3.74. The summed E-state index contributed by atoms with van der Waals surface area (Å²) in [5.41, 5.74) is -0.515. The van der Waals surface area contributed by atoms with Gasteiger partial charge in [-0.05, 0) is 27.7 Å². The van der Waals surface area contributed by atoms with Crippen molar-refractivity contribution in [1.82, 2.24) is 5.32 Å². The molecule has 1 N–H and O–H groups in total. The Hall–Kier alpha value is -1.24. The van der Waals surface area contributed by atoms with Crippen molar-refractivity contribution >= 4 is 6.09 Å². The molecule has 0 aliphatic heterocycles. The monoisotopic (exact) mass is 170 g/mol. The molecule has 0 fully saturated rings. The molecule has 0 saturated heterocycles. The highest BCUT2D eigenvalue weighted by atomic mass is 16.6. The standard InChI is InChI=1S/C8H14N2O2/c1-6(5-9)10-7(11)12-8(2,3)4/h6H,1-4H3,(H,10,11)/t6-/m1/s1. The second-order valence-corrected chi connectivity index (χ2v) is 3.50. The van der Waals surface area contributed by atoms with Crippen LogP contribution in [-0.2, 0) is 4.74 Å². The Balaban J connectivity index is 3.85. The molecular formula is C8H14N2O2. The lowest BCUT2D eigenvalue weighted by Crippen LogP contribution is -2.36. The fraction of sp³-hybridized carbons (Fsp3) is 0.750. The van der Waals surface area contributed by atoms with Gasteiger partial charge in [0, 0.05) is 0 Å². The molecule has 1 amide bonds. The highest BCUT2D eigenvalue weighted by Crippen LogP contribution is 2.06. The molecule has 1 atom stereocenters. The smallest absolute Gasteiger partial charge is 0.408 e. The largest absolute Gasteiger partial charge is 0.444 e. The van der Waals surface area contributed by atoms with Gasteiger partial charge < -0.3 is 10.1 Å². The Morgan fingerprint density at radius 1 is 1.58 bits per heavy atom. The van der Waals surface area contributed by atoms with Crippen molar-refractivity contribution in [2.24, 2.45) is 0 Å². The van der Waals surface area contributed by atoms with Gasteiger partial charge in [0.1, 0.15) is 11.6 Å². The van der Waals surface area contributed by atoms with E-state index in [1.54, 1.807) is 27.7 Å². The number of nitrogens with one attached hydrogen (secondary N) is 1. The summed E-state index contributed by atoms with van der Waals surface area (Å²) < 4.78 is 4.91. The van der Waals surface area contributed by atoms with Crippen LogP contribution in [0, 0.1) is 11.3 Å². The molecule has 0 aromatic rings. The Morgan fingerprint density at radius 3 is 2.42 bits per heavy atom. The van der Waals surface area contributed by atoms with Crippen LogP contribution in [0.3, 0.4) is 0 Å². The number of rotatable bonds is 1. The fourth-order valence-corrected chi connectivity index (χ4v) is 0.517. The molecule has 0 aliphatic carbocycles. The van der Waals surface area contributed by atoms with Gasteiger partial charge in [-0.15, -0.1) is 0 Å². The first-order chi connectivity index (χ1) is 5.35. The van der Waals surface area contributed by atoms with E-state index in [0.717, 1.165) is 0 Å². The lowest BCUT2D eigenvalue weighted by molar-refractivity contribution is 0.0519. The highest BCUT2D eigenvalue weighted by Gasteiger charge is 2.16. The van der Waals surface area contributed by atoms with E-state index in [-0.39, 0.29) is 0 Å². The van der Waals surface area contributed by atoms with E-state index in [1.807, 2.05) is 6.07 Å². The van der Waals surface area contributed by atoms with Gasteiger partial charge in [0.2, 0.25) is 0 Å². The van der Waals surface area contributed by atoms with Crippen LogP contribution in [0.2, 0.25) is 0 Å². The molecule has 4 heteroatoms. The minimum Gasteiger partial charge on any atom is -0.444 e. The van der Waals surface area contributed by atoms with Crippen molar-refractivity contribution in [2.45, 2.75) is 39.3 Å². The van der Waals surface area contributed by atoms with E-state index >= 15 is 0 Å². The average molecular weight is 170 g/mol. The summed E-state index contributed by atoms with van der Waals surface area (Å²) in [7, 11) is 0. The van der Waals surface area contributed by atoms with Gasteiger partial charge in [0.05, 0.1) is 6.07 Å². The molecule has 0 bridgehead atoms. The van der Waals surface area contributed by atoms with Crippen LogP contribution in [0.4, 0.5) is 4.79 Å². The van der Waals surface area contributed by atoms with Gasteiger partial charge in [-0.2, -0.15) is 5.26 Å². The first kappa shape index (κ1) is 10.8. The van der Waals surface area contributed by atoms with E-state index in [1.165, 1.54) is 0 Å². The second kappa shape index (κ2) is 3.96. The number of carbonyl (C=O) groups excluding carboxylic acids is 1. The molecule has 0 unspecified atom stereocenters. The van der Waals surface area contributed by atoms with Crippen molar-refractivity contribution in [3.8, 4) is 6.07 Å². The molecule has 0 rings (SSSR count). The van der Waals surface area contributed by atoms with Gasteiger partial charge in [0.15, 0.2) is 0 Å². The third-order valence-electron chi connectivity index (χ3n) is 0.927. The minimum atomic E-state index is -0.559. The summed E-state index contributed by atoms with van der Waals surface area (Å²) in [6, 6.07) is 1.36. The van der Waals surface area contributed by atoms with E-state index in [9.17, 15) is 4.79 Å². The molecule has 0 spiro atoms. The van der Waals surface area contributed by atoms with Gasteiger partial charge in [0.25, 0.3) is 0 Å². The van der Waals surface area contributed by atoms with E-state index in [2.05, 4.69) is 5.32 Å². The molecular weight excluding hydrogens is 156 g/mol. The lowest BCUT2D eigenvalue weighted by atomic mass is 10.2. The number of amides is 1. The third-order valence-corrected chi connectivity index (χ3v) is 0.927. The first-order valence-corrected chi connectivity index (χ1v) is 3.74. The zero-order chi connectivity index (χ0) is 9.78. The third kappa shape index (κ3) is 5.54. The fourth-order valence-electron chi connectivity index (χ4n) is 0.517. The van der Waals surface area contributed by atoms with E-state index in [0.29, 0.717) is 0 Å². The van der Waals surface area contributed by atoms with Crippen molar-refractivity contribution in [1.29, 1.82) is 5.26 Å². The predicted octanol–water partition coefficient (Wildman–Crippen LogP) is 1.42. The van der Waals surface area contributed by atoms with Crippen molar-refractivity contribution in [2.75, 3.05) is 0 Å². The summed E-state index contributed by atoms with van der Waals surface area (Å²) >= 11 is 0. The zero-order valence-corrected chi connectivity index (χ0v) is 7.84. The predicted molar refractivity (Wildman–Crippen MR) is 44.4 cm³/mol. The molecule has 4 nitrogen and oxygen atoms in total. The van der Waals surface area contributed by atoms with Crippen LogP contribution in [-0.4, -0.2) is 17.7 Å². The van der Waals surface area contributed by atoms with Gasteiger partial charge in [-0.25, -0.2) is 4.79 Å². The molecule has 0 aliphatic rings. The number of hydrogen-bond donors (Lipinski definition) is 1. The van der Waals surface area contributed by atoms with Crippen LogP contribution in [0.5, 0.6) is 0 Å². The maximum absolute atomic E-state index is 10.9. The molecule has 0 aromatic carbocycles. The molecule has 0 aromatic heterocycles. The summed E-state index contributed by atoms with van der Waals surface area (Å²) in [6.07, 6.45) is -0.559. The Morgan fingerprint density at radius 2 is 2.08 bits per heavy atom. The molecule has 0 saturated carbocycles. The summed E-state index contributed by atoms with van der Waals surface area (Å²) in [5.74, 6) is 0. The van der Waals surface area contributed by atoms with E-state index < -0.39 is 17.7 Å². The quantitative estimate of drug-likeness (QED) is 0.647. The number of nitrogens with zero attached hydrogens (tertiary/aromatic N) is 1. The van der Waals surface area contributed by atoms with Crippen LogP contribution >= 0.6 is 0 Å². The maximum Gasteiger partial charge on any atom is 0.408 e. The van der Waals surface area contributed by atoms with Crippen LogP contribution < -0.4 is 5.32 Å². The average Bonchev–Trinajstić information content (AvgIpc) is 1.82. The number of alkyl carbamates (subject to hydrolysis) is 1. The number of nitriles is 1. The summed E-state index contributed by atoms with van der Waals surface area (Å²) in [5, 5.41) is 10.7. The molecule has 68 valence electrons. The summed E-state index contributed by atoms with van der Waals surface area (Å²) in [6.45, 7) is 6.89. The topological polar surface area (TPSA) is 62.1 Å².